The lowest BCUT2D eigenvalue weighted by Crippen LogP contribution is -2.00. The maximum absolute atomic E-state index is 4.39. The summed E-state index contributed by atoms with van der Waals surface area (Å²) >= 11 is 4.39. The average molecular weight is 130 g/mol. The third-order valence-electron chi connectivity index (χ3n) is 1.24. The van der Waals surface area contributed by atoms with Crippen molar-refractivity contribution in [1.29, 1.82) is 0 Å². The Hall–Kier alpha value is 0.415. The molecule has 0 aromatic rings. The molecule has 0 heterocycles. The van der Waals surface area contributed by atoms with Crippen LogP contribution in [0.1, 0.15) is 26.7 Å². The van der Waals surface area contributed by atoms with Gasteiger partial charge in [0.25, 0.3) is 0 Å². The maximum Gasteiger partial charge on any atom is 0.205 e. The van der Waals surface area contributed by atoms with Crippen LogP contribution in [-0.2, 0) is 0 Å². The van der Waals surface area contributed by atoms with E-state index < -0.39 is 0 Å². The van der Waals surface area contributed by atoms with Gasteiger partial charge >= 0.3 is 0 Å². The fourth-order valence-corrected chi connectivity index (χ4v) is 1.33. The van der Waals surface area contributed by atoms with Crippen molar-refractivity contribution in [3.63, 3.8) is 0 Å². The molecule has 0 aliphatic rings. The largest absolute Gasteiger partial charge is 0.227 e. The molecule has 48 valence electrons. The summed E-state index contributed by atoms with van der Waals surface area (Å²) in [7, 11) is 0. The summed E-state index contributed by atoms with van der Waals surface area (Å²) in [5.41, 5.74) is 0. The van der Waals surface area contributed by atoms with Crippen molar-refractivity contribution in [2.24, 2.45) is 0 Å². The highest BCUT2D eigenvalue weighted by Gasteiger charge is 2.02. The maximum atomic E-state index is 4.39. The molecular weight excluding hydrogens is 115 g/mol. The molecule has 0 aromatic carbocycles. The lowest BCUT2D eigenvalue weighted by Gasteiger charge is -1.99. The van der Waals surface area contributed by atoms with E-state index in [2.05, 4.69) is 26.3 Å². The van der Waals surface area contributed by atoms with Gasteiger partial charge in [-0.1, -0.05) is 39.3 Å². The predicted molar refractivity (Wildman–Crippen MR) is 44.9 cm³/mol. The summed E-state index contributed by atoms with van der Waals surface area (Å²) in [5, 5.41) is 0. The van der Waals surface area contributed by atoms with Crippen LogP contribution in [0.2, 0.25) is 12.6 Å². The van der Waals surface area contributed by atoms with E-state index in [0.29, 0.717) is 5.99 Å². The van der Waals surface area contributed by atoms with E-state index in [4.69, 9.17) is 0 Å². The molecule has 0 aliphatic heterocycles. The number of thiol groups is 1. The van der Waals surface area contributed by atoms with E-state index in [9.17, 15) is 0 Å². The first-order valence-electron chi connectivity index (χ1n) is 3.49. The van der Waals surface area contributed by atoms with E-state index in [1.165, 1.54) is 25.5 Å². The van der Waals surface area contributed by atoms with Crippen LogP contribution in [0, 0.1) is 0 Å². The zero-order valence-electron chi connectivity index (χ0n) is 5.85. The average Bonchev–Trinajstić information content (AvgIpc) is 1.68. The Balaban J connectivity index is 2.92. The number of rotatable bonds is 4. The summed E-state index contributed by atoms with van der Waals surface area (Å²) in [6, 6.07) is 0. The van der Waals surface area contributed by atoms with Crippen molar-refractivity contribution in [1.82, 2.24) is 0 Å². The zero-order valence-corrected chi connectivity index (χ0v) is 6.75. The first kappa shape index (κ1) is 8.41. The summed E-state index contributed by atoms with van der Waals surface area (Å²) in [5.74, 6) is 0.657. The third kappa shape index (κ3) is 4.57. The quantitative estimate of drug-likeness (QED) is 0.439. The Bertz CT molecular complexity index is 41.8. The Morgan fingerprint density at radius 3 is 1.75 bits per heavy atom. The lowest BCUT2D eigenvalue weighted by atomic mass is 9.67. The van der Waals surface area contributed by atoms with Gasteiger partial charge in [-0.25, -0.2) is 12.5 Å². The molecule has 0 amide bonds. The molecule has 0 atom stereocenters. The minimum atomic E-state index is 0.657. The van der Waals surface area contributed by atoms with Crippen molar-refractivity contribution >= 4 is 18.5 Å². The molecule has 0 aliphatic carbocycles. The van der Waals surface area contributed by atoms with Gasteiger partial charge in [-0.2, -0.15) is 0 Å². The van der Waals surface area contributed by atoms with Gasteiger partial charge in [0.15, 0.2) is 0 Å². The van der Waals surface area contributed by atoms with E-state index in [-0.39, 0.29) is 0 Å². The van der Waals surface area contributed by atoms with Gasteiger partial charge in [0.05, 0.1) is 0 Å². The fraction of sp³-hybridized carbons (Fsp3) is 1.00. The highest BCUT2D eigenvalue weighted by molar-refractivity contribution is 8.10. The van der Waals surface area contributed by atoms with Gasteiger partial charge in [-0.05, 0) is 0 Å². The second kappa shape index (κ2) is 5.55. The van der Waals surface area contributed by atoms with Gasteiger partial charge in [-0.3, -0.25) is 0 Å². The molecule has 0 saturated heterocycles. The van der Waals surface area contributed by atoms with E-state index >= 15 is 0 Å². The van der Waals surface area contributed by atoms with Crippen molar-refractivity contribution in [3.05, 3.63) is 0 Å². The minimum absolute atomic E-state index is 0.657. The Kier molecular flexibility index (Phi) is 5.84. The Morgan fingerprint density at radius 1 is 1.12 bits per heavy atom. The van der Waals surface area contributed by atoms with Crippen LogP contribution >= 0.6 is 12.5 Å². The van der Waals surface area contributed by atoms with Gasteiger partial charge in [0, 0.05) is 0 Å². The summed E-state index contributed by atoms with van der Waals surface area (Å²) in [6.07, 6.45) is 5.09. The van der Waals surface area contributed by atoms with E-state index in [0.717, 1.165) is 0 Å². The number of hydrogen-bond donors (Lipinski definition) is 1. The van der Waals surface area contributed by atoms with Gasteiger partial charge in [0.1, 0.15) is 0 Å². The molecule has 0 radical (unpaired) electrons. The highest BCUT2D eigenvalue weighted by Crippen LogP contribution is 2.07. The Labute approximate surface area is 58.4 Å². The minimum Gasteiger partial charge on any atom is -0.227 e. The Morgan fingerprint density at radius 2 is 1.50 bits per heavy atom. The second-order valence-electron chi connectivity index (χ2n) is 2.23. The van der Waals surface area contributed by atoms with Gasteiger partial charge in [0.2, 0.25) is 5.99 Å². The predicted octanol–water partition coefficient (Wildman–Crippen LogP) is 2.73. The van der Waals surface area contributed by atoms with Crippen LogP contribution < -0.4 is 0 Å². The molecule has 0 aromatic heterocycles. The van der Waals surface area contributed by atoms with Crippen LogP contribution in [-0.4, -0.2) is 5.99 Å². The van der Waals surface area contributed by atoms with Gasteiger partial charge in [-0.15, -0.1) is 0 Å². The molecule has 2 heteroatoms. The summed E-state index contributed by atoms with van der Waals surface area (Å²) in [6.45, 7) is 4.41. The van der Waals surface area contributed by atoms with Crippen LogP contribution in [0.25, 0.3) is 0 Å². The molecule has 0 saturated carbocycles. The van der Waals surface area contributed by atoms with Crippen molar-refractivity contribution in [2.45, 2.75) is 39.3 Å². The fourth-order valence-electron chi connectivity index (χ4n) is 0.811. The normalized spacial score (nSPS) is 9.38. The smallest absolute Gasteiger partial charge is 0.205 e. The summed E-state index contributed by atoms with van der Waals surface area (Å²) in [4.78, 5) is 0. The van der Waals surface area contributed by atoms with E-state index in [1.807, 2.05) is 0 Å². The van der Waals surface area contributed by atoms with Crippen LogP contribution in [0.5, 0.6) is 0 Å². The number of hydrogen-bond acceptors (Lipinski definition) is 1. The van der Waals surface area contributed by atoms with Crippen LogP contribution in [0.4, 0.5) is 0 Å². The molecule has 0 fully saturated rings. The summed E-state index contributed by atoms with van der Waals surface area (Å²) < 4.78 is 0. The molecule has 0 unspecified atom stereocenters. The first-order valence-corrected chi connectivity index (χ1v) is 4.01. The SMILES string of the molecule is CCCB(S)CCC. The van der Waals surface area contributed by atoms with E-state index in [1.54, 1.807) is 0 Å². The highest BCUT2D eigenvalue weighted by atomic mass is 32.1. The standard InChI is InChI=1S/C6H15BS/c1-3-5-7(8)6-4-2/h8H,3-6H2,1-2H3. The second-order valence-corrected chi connectivity index (χ2v) is 2.96. The molecule has 0 N–H and O–H groups in total. The van der Waals surface area contributed by atoms with Crippen molar-refractivity contribution in [2.75, 3.05) is 0 Å². The molecular formula is C6H15BS. The molecule has 8 heavy (non-hydrogen) atoms. The zero-order chi connectivity index (χ0) is 6.41. The van der Waals surface area contributed by atoms with Crippen LogP contribution in [0.3, 0.4) is 0 Å². The lowest BCUT2D eigenvalue weighted by molar-refractivity contribution is 1.02. The van der Waals surface area contributed by atoms with Crippen LogP contribution in [0.15, 0.2) is 0 Å². The molecule has 0 spiro atoms. The third-order valence-corrected chi connectivity index (χ3v) is 1.76. The molecule has 0 bridgehead atoms. The molecule has 0 nitrogen and oxygen atoms in total. The monoisotopic (exact) mass is 130 g/mol. The van der Waals surface area contributed by atoms with Gasteiger partial charge < -0.3 is 0 Å². The molecule has 0 rings (SSSR count). The topological polar surface area (TPSA) is 0 Å². The van der Waals surface area contributed by atoms with Crippen molar-refractivity contribution < 1.29 is 0 Å². The van der Waals surface area contributed by atoms with Crippen molar-refractivity contribution in [3.8, 4) is 0 Å². The first-order chi connectivity index (χ1) is 3.81.